The summed E-state index contributed by atoms with van der Waals surface area (Å²) in [4.78, 5) is 14.2. The summed E-state index contributed by atoms with van der Waals surface area (Å²) in [5, 5.41) is 19.4. The minimum absolute atomic E-state index is 0.0448. The lowest BCUT2D eigenvalue weighted by molar-refractivity contribution is 0.170. The number of aryl methyl sites for hydroxylation is 1. The lowest BCUT2D eigenvalue weighted by Crippen LogP contribution is -2.47. The van der Waals surface area contributed by atoms with Crippen LogP contribution in [-0.2, 0) is 19.4 Å². The zero-order valence-electron chi connectivity index (χ0n) is 13.0. The third-order valence-corrected chi connectivity index (χ3v) is 4.22. The Bertz CT molecular complexity index is 641. The summed E-state index contributed by atoms with van der Waals surface area (Å²) < 4.78 is 0. The predicted octanol–water partition coefficient (Wildman–Crippen LogP) is 1.47. The number of rotatable bonds is 5. The smallest absolute Gasteiger partial charge is 0.318 e. The number of carbonyl (C=O) groups excluding carboxylic acids is 1. The van der Waals surface area contributed by atoms with Crippen molar-refractivity contribution in [2.45, 2.75) is 31.8 Å². The molecular formula is C17H22N4O2. The Balaban J connectivity index is 1.60. The van der Waals surface area contributed by atoms with E-state index in [1.165, 1.54) is 11.3 Å². The Labute approximate surface area is 135 Å². The Morgan fingerprint density at radius 1 is 1.39 bits per heavy atom. The zero-order valence-corrected chi connectivity index (χ0v) is 13.0. The van der Waals surface area contributed by atoms with Crippen LogP contribution in [0.2, 0.25) is 0 Å². The van der Waals surface area contributed by atoms with E-state index in [-0.39, 0.29) is 18.7 Å². The van der Waals surface area contributed by atoms with Crippen molar-refractivity contribution < 1.29 is 9.90 Å². The molecule has 0 saturated carbocycles. The Morgan fingerprint density at radius 3 is 3.00 bits per heavy atom. The predicted molar refractivity (Wildman–Crippen MR) is 86.9 cm³/mol. The van der Waals surface area contributed by atoms with Crippen LogP contribution in [0.25, 0.3) is 0 Å². The molecule has 1 unspecified atom stereocenters. The number of nitrogens with one attached hydrogen (secondary N) is 2. The highest BCUT2D eigenvalue weighted by Gasteiger charge is 2.23. The van der Waals surface area contributed by atoms with Gasteiger partial charge in [0, 0.05) is 24.8 Å². The maximum atomic E-state index is 12.5. The third kappa shape index (κ3) is 3.90. The van der Waals surface area contributed by atoms with Gasteiger partial charge >= 0.3 is 6.03 Å². The molecule has 0 saturated heterocycles. The van der Waals surface area contributed by atoms with Crippen LogP contribution in [-0.4, -0.2) is 45.4 Å². The van der Waals surface area contributed by atoms with E-state index in [4.69, 9.17) is 0 Å². The maximum absolute atomic E-state index is 12.5. The fourth-order valence-electron chi connectivity index (χ4n) is 2.98. The highest BCUT2D eigenvalue weighted by atomic mass is 16.3. The van der Waals surface area contributed by atoms with Gasteiger partial charge in [-0.05, 0) is 30.4 Å². The number of aromatic amines is 1. The second-order valence-corrected chi connectivity index (χ2v) is 5.89. The summed E-state index contributed by atoms with van der Waals surface area (Å²) in [6.45, 7) is 0.776. The van der Waals surface area contributed by atoms with E-state index < -0.39 is 0 Å². The standard InChI is InChI=1S/C17H22N4O2/c22-9-8-21(12-13-4-2-1-3-5-13)17(23)19-15-6-7-16-14(10-15)11-18-20-16/h1-5,11,15,22H,6-10,12H2,(H,18,20)(H,19,23). The Kier molecular flexibility index (Phi) is 4.92. The maximum Gasteiger partial charge on any atom is 0.318 e. The molecule has 0 aliphatic heterocycles. The number of carbonyl (C=O) groups is 1. The molecule has 2 amide bonds. The molecule has 1 aromatic carbocycles. The second-order valence-electron chi connectivity index (χ2n) is 5.89. The van der Waals surface area contributed by atoms with E-state index in [9.17, 15) is 9.90 Å². The largest absolute Gasteiger partial charge is 0.395 e. The summed E-state index contributed by atoms with van der Waals surface area (Å²) in [6, 6.07) is 9.80. The van der Waals surface area contributed by atoms with E-state index in [1.807, 2.05) is 36.5 Å². The number of aliphatic hydroxyl groups is 1. The van der Waals surface area contributed by atoms with Crippen LogP contribution >= 0.6 is 0 Å². The van der Waals surface area contributed by atoms with Crippen LogP contribution in [0.4, 0.5) is 4.79 Å². The highest BCUT2D eigenvalue weighted by Crippen LogP contribution is 2.19. The first-order chi connectivity index (χ1) is 11.3. The first-order valence-corrected chi connectivity index (χ1v) is 7.97. The molecule has 0 bridgehead atoms. The number of amides is 2. The molecular weight excluding hydrogens is 292 g/mol. The van der Waals surface area contributed by atoms with Gasteiger partial charge in [0.1, 0.15) is 0 Å². The van der Waals surface area contributed by atoms with Crippen LogP contribution in [0.15, 0.2) is 36.5 Å². The molecule has 2 aromatic rings. The lowest BCUT2D eigenvalue weighted by atomic mass is 9.94. The second kappa shape index (κ2) is 7.28. The van der Waals surface area contributed by atoms with Crippen molar-refractivity contribution in [1.29, 1.82) is 0 Å². The summed E-state index contributed by atoms with van der Waals surface area (Å²) in [6.07, 6.45) is 4.44. The van der Waals surface area contributed by atoms with Gasteiger partial charge in [0.2, 0.25) is 0 Å². The van der Waals surface area contributed by atoms with Gasteiger partial charge < -0.3 is 15.3 Å². The summed E-state index contributed by atoms with van der Waals surface area (Å²) in [7, 11) is 0. The van der Waals surface area contributed by atoms with Crippen molar-refractivity contribution in [1.82, 2.24) is 20.4 Å². The molecule has 23 heavy (non-hydrogen) atoms. The molecule has 0 fully saturated rings. The van der Waals surface area contributed by atoms with E-state index in [1.54, 1.807) is 4.90 Å². The molecule has 1 aliphatic rings. The fourth-order valence-corrected chi connectivity index (χ4v) is 2.98. The van der Waals surface area contributed by atoms with Gasteiger partial charge in [-0.1, -0.05) is 30.3 Å². The van der Waals surface area contributed by atoms with Crippen molar-refractivity contribution in [2.24, 2.45) is 0 Å². The molecule has 1 aromatic heterocycles. The van der Waals surface area contributed by atoms with Crippen molar-refractivity contribution in [3.63, 3.8) is 0 Å². The number of aromatic nitrogens is 2. The molecule has 1 atom stereocenters. The first-order valence-electron chi connectivity index (χ1n) is 7.97. The van der Waals surface area contributed by atoms with Crippen molar-refractivity contribution in [2.75, 3.05) is 13.2 Å². The average molecular weight is 314 g/mol. The van der Waals surface area contributed by atoms with E-state index in [0.29, 0.717) is 13.1 Å². The van der Waals surface area contributed by atoms with Gasteiger partial charge in [-0.25, -0.2) is 4.79 Å². The minimum Gasteiger partial charge on any atom is -0.395 e. The SMILES string of the molecule is O=C(NC1CCc2[nH]ncc2C1)N(CCO)Cc1ccccc1. The fraction of sp³-hybridized carbons (Fsp3) is 0.412. The molecule has 6 heteroatoms. The number of H-pyrrole nitrogens is 1. The van der Waals surface area contributed by atoms with Gasteiger partial charge in [-0.15, -0.1) is 0 Å². The van der Waals surface area contributed by atoms with Gasteiger partial charge in [0.05, 0.1) is 12.8 Å². The Morgan fingerprint density at radius 2 is 2.22 bits per heavy atom. The van der Waals surface area contributed by atoms with E-state index in [2.05, 4.69) is 15.5 Å². The first kappa shape index (κ1) is 15.6. The normalized spacial score (nSPS) is 16.7. The summed E-state index contributed by atoms with van der Waals surface area (Å²) in [5.74, 6) is 0. The number of hydrogen-bond donors (Lipinski definition) is 3. The van der Waals surface area contributed by atoms with Crippen LogP contribution in [0.5, 0.6) is 0 Å². The zero-order chi connectivity index (χ0) is 16.1. The number of hydrogen-bond acceptors (Lipinski definition) is 3. The van der Waals surface area contributed by atoms with Gasteiger partial charge in [-0.2, -0.15) is 5.10 Å². The number of aliphatic hydroxyl groups excluding tert-OH is 1. The Hall–Kier alpha value is -2.34. The third-order valence-electron chi connectivity index (χ3n) is 4.22. The molecule has 1 heterocycles. The van der Waals surface area contributed by atoms with Gasteiger partial charge in [0.15, 0.2) is 0 Å². The van der Waals surface area contributed by atoms with Crippen molar-refractivity contribution in [3.8, 4) is 0 Å². The molecule has 122 valence electrons. The van der Waals surface area contributed by atoms with Crippen LogP contribution < -0.4 is 5.32 Å². The summed E-state index contributed by atoms with van der Waals surface area (Å²) >= 11 is 0. The average Bonchev–Trinajstić information content (AvgIpc) is 3.03. The minimum atomic E-state index is -0.125. The quantitative estimate of drug-likeness (QED) is 0.782. The van der Waals surface area contributed by atoms with Crippen LogP contribution in [0.1, 0.15) is 23.2 Å². The topological polar surface area (TPSA) is 81.2 Å². The van der Waals surface area contributed by atoms with Crippen LogP contribution in [0, 0.1) is 0 Å². The molecule has 3 rings (SSSR count). The summed E-state index contributed by atoms with van der Waals surface area (Å²) in [5.41, 5.74) is 3.40. The van der Waals surface area contributed by atoms with Crippen molar-refractivity contribution in [3.05, 3.63) is 53.3 Å². The molecule has 1 aliphatic carbocycles. The molecule has 0 radical (unpaired) electrons. The molecule has 6 nitrogen and oxygen atoms in total. The highest BCUT2D eigenvalue weighted by molar-refractivity contribution is 5.74. The van der Waals surface area contributed by atoms with Crippen molar-refractivity contribution >= 4 is 6.03 Å². The molecule has 0 spiro atoms. The number of nitrogens with zero attached hydrogens (tertiary/aromatic N) is 2. The molecule has 3 N–H and O–H groups in total. The number of fused-ring (bicyclic) bond motifs is 1. The lowest BCUT2D eigenvalue weighted by Gasteiger charge is -2.28. The number of urea groups is 1. The van der Waals surface area contributed by atoms with E-state index >= 15 is 0 Å². The van der Waals surface area contributed by atoms with E-state index in [0.717, 1.165) is 24.8 Å². The van der Waals surface area contributed by atoms with Gasteiger partial charge in [0.25, 0.3) is 0 Å². The van der Waals surface area contributed by atoms with Gasteiger partial charge in [-0.3, -0.25) is 5.10 Å². The number of benzene rings is 1. The van der Waals surface area contributed by atoms with Crippen LogP contribution in [0.3, 0.4) is 0 Å². The monoisotopic (exact) mass is 314 g/mol.